The third-order valence-corrected chi connectivity index (χ3v) is 4.08. The third kappa shape index (κ3) is 8.36. The maximum absolute atomic E-state index is 12.4. The number of nitrogens with one attached hydrogen (secondary N) is 1. The Hall–Kier alpha value is -1.59. The lowest BCUT2D eigenvalue weighted by atomic mass is 9.96. The first-order chi connectivity index (χ1) is 11.3. The Morgan fingerprint density at radius 3 is 2.20 bits per heavy atom. The predicted molar refractivity (Wildman–Crippen MR) is 103 cm³/mol. The SMILES string of the molecule is CC(C)Cc1ccc([C@H](C)C(=O)N[C@H](CCCCN)C(=O)O)cc1.Cl. The topological polar surface area (TPSA) is 92.4 Å². The van der Waals surface area contributed by atoms with E-state index in [1.807, 2.05) is 24.3 Å². The number of amides is 1. The molecule has 2 atom stereocenters. The minimum Gasteiger partial charge on any atom is -0.480 e. The van der Waals surface area contributed by atoms with Gasteiger partial charge in [0.15, 0.2) is 0 Å². The second kappa shape index (κ2) is 11.9. The largest absolute Gasteiger partial charge is 0.480 e. The Kier molecular flexibility index (Phi) is 11.1. The molecule has 1 aromatic carbocycles. The van der Waals surface area contributed by atoms with Crippen LogP contribution in [0.4, 0.5) is 0 Å². The molecule has 25 heavy (non-hydrogen) atoms. The third-order valence-electron chi connectivity index (χ3n) is 4.08. The first-order valence-electron chi connectivity index (χ1n) is 8.67. The van der Waals surface area contributed by atoms with Crippen LogP contribution in [0.1, 0.15) is 57.1 Å². The highest BCUT2D eigenvalue weighted by Gasteiger charge is 2.23. The molecule has 0 aliphatic heterocycles. The lowest BCUT2D eigenvalue weighted by Crippen LogP contribution is -2.42. The zero-order chi connectivity index (χ0) is 18.1. The number of aliphatic carboxylic acids is 1. The van der Waals surface area contributed by atoms with Crippen LogP contribution in [-0.4, -0.2) is 29.6 Å². The number of hydrogen-bond donors (Lipinski definition) is 3. The van der Waals surface area contributed by atoms with Crippen LogP contribution in [0.5, 0.6) is 0 Å². The molecule has 0 bridgehead atoms. The van der Waals surface area contributed by atoms with Crippen molar-refractivity contribution in [2.75, 3.05) is 6.54 Å². The van der Waals surface area contributed by atoms with Gasteiger partial charge >= 0.3 is 5.97 Å². The molecule has 1 amide bonds. The van der Waals surface area contributed by atoms with Gasteiger partial charge in [-0.25, -0.2) is 4.79 Å². The summed E-state index contributed by atoms with van der Waals surface area (Å²) in [4.78, 5) is 23.6. The highest BCUT2D eigenvalue weighted by molar-refractivity contribution is 5.87. The minimum atomic E-state index is -1.00. The quantitative estimate of drug-likeness (QED) is 0.552. The zero-order valence-corrected chi connectivity index (χ0v) is 16.1. The van der Waals surface area contributed by atoms with Crippen LogP contribution in [0.3, 0.4) is 0 Å². The number of hydrogen-bond acceptors (Lipinski definition) is 3. The van der Waals surface area contributed by atoms with Gasteiger partial charge in [0.25, 0.3) is 0 Å². The fraction of sp³-hybridized carbons (Fsp3) is 0.579. The van der Waals surface area contributed by atoms with Crippen molar-refractivity contribution in [3.05, 3.63) is 35.4 Å². The maximum atomic E-state index is 12.4. The molecule has 5 nitrogen and oxygen atoms in total. The Labute approximate surface area is 156 Å². The lowest BCUT2D eigenvalue weighted by molar-refractivity contribution is -0.142. The average Bonchev–Trinajstić information content (AvgIpc) is 2.53. The molecule has 0 fully saturated rings. The molecule has 4 N–H and O–H groups in total. The standard InChI is InChI=1S/C19H30N2O3.ClH/c1-13(2)12-15-7-9-16(10-8-15)14(3)18(22)21-17(19(23)24)6-4-5-11-20;/h7-10,13-14,17H,4-6,11-12,20H2,1-3H3,(H,21,22)(H,23,24);1H/t14-,17+;/m0./s1. The molecule has 1 rings (SSSR count). The van der Waals surface area contributed by atoms with E-state index < -0.39 is 12.0 Å². The number of carbonyl (C=O) groups excluding carboxylic acids is 1. The Bertz CT molecular complexity index is 532. The van der Waals surface area contributed by atoms with E-state index in [0.717, 1.165) is 18.4 Å². The smallest absolute Gasteiger partial charge is 0.326 e. The molecule has 0 saturated heterocycles. The lowest BCUT2D eigenvalue weighted by Gasteiger charge is -2.18. The molecule has 142 valence electrons. The summed E-state index contributed by atoms with van der Waals surface area (Å²) in [5.41, 5.74) is 7.56. The van der Waals surface area contributed by atoms with Gasteiger partial charge in [-0.15, -0.1) is 12.4 Å². The molecule has 0 unspecified atom stereocenters. The molecule has 0 aromatic heterocycles. The summed E-state index contributed by atoms with van der Waals surface area (Å²) < 4.78 is 0. The Morgan fingerprint density at radius 1 is 1.12 bits per heavy atom. The van der Waals surface area contributed by atoms with Gasteiger partial charge in [-0.3, -0.25) is 4.79 Å². The number of unbranched alkanes of at least 4 members (excludes halogenated alkanes) is 1. The van der Waals surface area contributed by atoms with Crippen molar-refractivity contribution in [2.45, 2.75) is 58.4 Å². The average molecular weight is 371 g/mol. The van der Waals surface area contributed by atoms with Crippen molar-refractivity contribution in [1.82, 2.24) is 5.32 Å². The van der Waals surface area contributed by atoms with E-state index in [4.69, 9.17) is 5.73 Å². The molecule has 0 saturated carbocycles. The summed E-state index contributed by atoms with van der Waals surface area (Å²) in [7, 11) is 0. The van der Waals surface area contributed by atoms with E-state index in [-0.39, 0.29) is 24.2 Å². The molecular formula is C19H31ClN2O3. The number of benzene rings is 1. The zero-order valence-electron chi connectivity index (χ0n) is 15.3. The molecule has 6 heteroatoms. The number of carboxylic acids is 1. The van der Waals surface area contributed by atoms with Crippen molar-refractivity contribution in [3.8, 4) is 0 Å². The molecule has 0 aliphatic carbocycles. The first kappa shape index (κ1) is 23.4. The maximum Gasteiger partial charge on any atom is 0.326 e. The second-order valence-corrected chi connectivity index (χ2v) is 6.75. The summed E-state index contributed by atoms with van der Waals surface area (Å²) in [5, 5.41) is 11.9. The van der Waals surface area contributed by atoms with Crippen molar-refractivity contribution in [3.63, 3.8) is 0 Å². The van der Waals surface area contributed by atoms with E-state index in [1.165, 1.54) is 5.56 Å². The van der Waals surface area contributed by atoms with E-state index in [1.54, 1.807) is 6.92 Å². The van der Waals surface area contributed by atoms with E-state index in [2.05, 4.69) is 19.2 Å². The molecule has 1 aromatic rings. The van der Waals surface area contributed by atoms with Gasteiger partial charge in [0.2, 0.25) is 5.91 Å². The van der Waals surface area contributed by atoms with Crippen LogP contribution in [0.15, 0.2) is 24.3 Å². The van der Waals surface area contributed by atoms with Crippen LogP contribution in [0.2, 0.25) is 0 Å². The number of carbonyl (C=O) groups is 2. The van der Waals surface area contributed by atoms with E-state index >= 15 is 0 Å². The number of nitrogens with two attached hydrogens (primary N) is 1. The summed E-state index contributed by atoms with van der Waals surface area (Å²) in [5.74, 6) is -1.05. The molecule has 0 heterocycles. The fourth-order valence-corrected chi connectivity index (χ4v) is 2.61. The molecule has 0 aliphatic rings. The monoisotopic (exact) mass is 370 g/mol. The van der Waals surface area contributed by atoms with Gasteiger partial charge in [0.1, 0.15) is 6.04 Å². The fourth-order valence-electron chi connectivity index (χ4n) is 2.61. The Morgan fingerprint density at radius 2 is 1.72 bits per heavy atom. The van der Waals surface area contributed by atoms with Gasteiger partial charge < -0.3 is 16.2 Å². The van der Waals surface area contributed by atoms with Crippen molar-refractivity contribution < 1.29 is 14.7 Å². The van der Waals surface area contributed by atoms with Gasteiger partial charge in [0.05, 0.1) is 5.92 Å². The summed E-state index contributed by atoms with van der Waals surface area (Å²) in [6, 6.07) is 7.12. The van der Waals surface area contributed by atoms with Crippen molar-refractivity contribution in [1.29, 1.82) is 0 Å². The normalized spacial score (nSPS) is 13.0. The van der Waals surface area contributed by atoms with Crippen LogP contribution in [-0.2, 0) is 16.0 Å². The van der Waals surface area contributed by atoms with Crippen molar-refractivity contribution >= 4 is 24.3 Å². The summed E-state index contributed by atoms with van der Waals surface area (Å²) in [6.45, 7) is 6.66. The minimum absolute atomic E-state index is 0. The van der Waals surface area contributed by atoms with E-state index in [9.17, 15) is 14.7 Å². The molecular weight excluding hydrogens is 340 g/mol. The van der Waals surface area contributed by atoms with Gasteiger partial charge in [-0.05, 0) is 56.2 Å². The highest BCUT2D eigenvalue weighted by atomic mass is 35.5. The predicted octanol–water partition coefficient (Wildman–Crippen LogP) is 3.11. The van der Waals surface area contributed by atoms with Crippen LogP contribution in [0.25, 0.3) is 0 Å². The van der Waals surface area contributed by atoms with Gasteiger partial charge in [-0.1, -0.05) is 38.1 Å². The number of carboxylic acid groups (broad SMARTS) is 1. The highest BCUT2D eigenvalue weighted by Crippen LogP contribution is 2.18. The van der Waals surface area contributed by atoms with Gasteiger partial charge in [0, 0.05) is 0 Å². The number of halogens is 1. The van der Waals surface area contributed by atoms with Crippen molar-refractivity contribution in [2.24, 2.45) is 11.7 Å². The van der Waals surface area contributed by atoms with Crippen LogP contribution >= 0.6 is 12.4 Å². The van der Waals surface area contributed by atoms with Crippen LogP contribution < -0.4 is 11.1 Å². The molecule has 0 spiro atoms. The van der Waals surface area contributed by atoms with Crippen LogP contribution in [0, 0.1) is 5.92 Å². The van der Waals surface area contributed by atoms with E-state index in [0.29, 0.717) is 25.3 Å². The summed E-state index contributed by atoms with van der Waals surface area (Å²) >= 11 is 0. The second-order valence-electron chi connectivity index (χ2n) is 6.75. The molecule has 0 radical (unpaired) electrons. The number of rotatable bonds is 10. The van der Waals surface area contributed by atoms with Gasteiger partial charge in [-0.2, -0.15) is 0 Å². The first-order valence-corrected chi connectivity index (χ1v) is 8.67. The summed E-state index contributed by atoms with van der Waals surface area (Å²) in [6.07, 6.45) is 2.85. The Balaban J connectivity index is 0.00000576.